The molecule has 4 rings (SSSR count). The molecule has 1 aromatic carbocycles. The van der Waals surface area contributed by atoms with E-state index in [1.807, 2.05) is 0 Å². The van der Waals surface area contributed by atoms with Gasteiger partial charge in [-0.3, -0.25) is 18.9 Å². The summed E-state index contributed by atoms with van der Waals surface area (Å²) in [7, 11) is -3.42. The number of ether oxygens (including phenoxy) is 1. The molecule has 1 fully saturated rings. The van der Waals surface area contributed by atoms with Crippen molar-refractivity contribution in [2.45, 2.75) is 18.5 Å². The summed E-state index contributed by atoms with van der Waals surface area (Å²) in [5, 5.41) is 13.1. The van der Waals surface area contributed by atoms with Crippen molar-refractivity contribution >= 4 is 19.2 Å². The standard InChI is InChI=1S/C22H24F2N3O7P/c1-35(32,33)7-5-26-11-22(4-6-34-12-22)27-10-15(18(28)19(29)17(27)21(26)31)20(30)25-9-13-2-3-14(23)8-16(13)24/h2-3,8,10,29H,4-7,9,11-12H2,1H3,(H,25,30)(H,32,33)/t22-/m1/s1. The third-order valence-corrected chi connectivity index (χ3v) is 7.27. The topological polar surface area (TPSA) is 138 Å². The molecule has 1 unspecified atom stereocenters. The van der Waals surface area contributed by atoms with Crippen molar-refractivity contribution in [3.8, 4) is 5.75 Å². The first-order valence-electron chi connectivity index (χ1n) is 10.8. The Morgan fingerprint density at radius 3 is 2.69 bits per heavy atom. The first-order valence-corrected chi connectivity index (χ1v) is 13.1. The molecule has 0 bridgehead atoms. The molecule has 3 N–H and O–H groups in total. The SMILES string of the molecule is CP(=O)(O)CCN1C[C@@]2(CCOC2)n2cc(C(=O)NCc3ccc(F)cc3F)c(=O)c(O)c2C1=O. The Morgan fingerprint density at radius 1 is 1.31 bits per heavy atom. The highest BCUT2D eigenvalue weighted by Gasteiger charge is 2.47. The quantitative estimate of drug-likeness (QED) is 0.496. The number of hydrogen-bond acceptors (Lipinski definition) is 6. The number of carbonyl (C=O) groups excluding carboxylic acids is 2. The minimum atomic E-state index is -3.42. The lowest BCUT2D eigenvalue weighted by atomic mass is 9.92. The molecule has 2 aliphatic rings. The summed E-state index contributed by atoms with van der Waals surface area (Å²) in [5.41, 5.74) is -2.81. The van der Waals surface area contributed by atoms with Gasteiger partial charge in [-0.15, -0.1) is 0 Å². The minimum Gasteiger partial charge on any atom is -0.503 e. The zero-order valence-corrected chi connectivity index (χ0v) is 19.7. The summed E-state index contributed by atoms with van der Waals surface area (Å²) in [6.45, 7) is 1.30. The maximum Gasteiger partial charge on any atom is 0.274 e. The van der Waals surface area contributed by atoms with Crippen molar-refractivity contribution in [3.63, 3.8) is 0 Å². The molecule has 0 aliphatic carbocycles. The molecular weight excluding hydrogens is 487 g/mol. The normalized spacial score (nSPS) is 21.1. The number of nitrogens with zero attached hydrogens (tertiary/aromatic N) is 2. The largest absolute Gasteiger partial charge is 0.503 e. The van der Waals surface area contributed by atoms with Crippen LogP contribution in [0.4, 0.5) is 8.78 Å². The number of pyridine rings is 1. The number of halogens is 2. The lowest BCUT2D eigenvalue weighted by Crippen LogP contribution is -2.56. The molecule has 0 radical (unpaired) electrons. The molecule has 13 heteroatoms. The van der Waals surface area contributed by atoms with Crippen LogP contribution < -0.4 is 10.7 Å². The number of fused-ring (bicyclic) bond motifs is 2. The number of aromatic nitrogens is 1. The first-order chi connectivity index (χ1) is 16.4. The molecule has 2 aliphatic heterocycles. The Hall–Kier alpha value is -3.08. The van der Waals surface area contributed by atoms with E-state index in [-0.39, 0.29) is 43.7 Å². The maximum absolute atomic E-state index is 13.9. The highest BCUT2D eigenvalue weighted by Crippen LogP contribution is 2.39. The van der Waals surface area contributed by atoms with E-state index < -0.39 is 53.1 Å². The summed E-state index contributed by atoms with van der Waals surface area (Å²) in [5.74, 6) is -4.22. The van der Waals surface area contributed by atoms with Gasteiger partial charge in [-0.2, -0.15) is 0 Å². The van der Waals surface area contributed by atoms with Crippen molar-refractivity contribution < 1.29 is 37.7 Å². The summed E-state index contributed by atoms with van der Waals surface area (Å²) in [6, 6.07) is 2.85. The van der Waals surface area contributed by atoms with Crippen molar-refractivity contribution in [2.75, 3.05) is 39.1 Å². The van der Waals surface area contributed by atoms with Crippen molar-refractivity contribution in [1.29, 1.82) is 0 Å². The second-order valence-corrected chi connectivity index (χ2v) is 11.4. The van der Waals surface area contributed by atoms with E-state index in [4.69, 9.17) is 4.74 Å². The summed E-state index contributed by atoms with van der Waals surface area (Å²) in [4.78, 5) is 49.7. The predicted molar refractivity (Wildman–Crippen MR) is 120 cm³/mol. The lowest BCUT2D eigenvalue weighted by Gasteiger charge is -2.43. The van der Waals surface area contributed by atoms with E-state index in [0.717, 1.165) is 12.1 Å². The van der Waals surface area contributed by atoms with Crippen molar-refractivity contribution in [2.24, 2.45) is 0 Å². The van der Waals surface area contributed by atoms with E-state index in [0.29, 0.717) is 19.1 Å². The highest BCUT2D eigenvalue weighted by atomic mass is 31.2. The van der Waals surface area contributed by atoms with E-state index in [1.165, 1.54) is 22.3 Å². The summed E-state index contributed by atoms with van der Waals surface area (Å²) >= 11 is 0. The van der Waals surface area contributed by atoms with Gasteiger partial charge >= 0.3 is 0 Å². The van der Waals surface area contributed by atoms with Crippen molar-refractivity contribution in [1.82, 2.24) is 14.8 Å². The molecule has 2 aromatic rings. The monoisotopic (exact) mass is 511 g/mol. The minimum absolute atomic E-state index is 0.00869. The van der Waals surface area contributed by atoms with Crippen LogP contribution in [0.1, 0.15) is 32.8 Å². The van der Waals surface area contributed by atoms with Crippen LogP contribution in [0.3, 0.4) is 0 Å². The number of hydrogen-bond donors (Lipinski definition) is 3. The average Bonchev–Trinajstić information content (AvgIpc) is 3.25. The Morgan fingerprint density at radius 2 is 2.06 bits per heavy atom. The zero-order valence-electron chi connectivity index (χ0n) is 18.8. The van der Waals surface area contributed by atoms with Gasteiger partial charge in [-0.25, -0.2) is 8.78 Å². The Labute approximate surface area is 198 Å². The molecular formula is C22H24F2N3O7P. The van der Waals surface area contributed by atoms with E-state index in [9.17, 15) is 37.7 Å². The number of rotatable bonds is 6. The average molecular weight is 511 g/mol. The summed E-state index contributed by atoms with van der Waals surface area (Å²) in [6.07, 6.45) is 1.41. The molecule has 0 saturated carbocycles. The fourth-order valence-electron chi connectivity index (χ4n) is 4.33. The number of benzene rings is 1. The lowest BCUT2D eigenvalue weighted by molar-refractivity contribution is 0.0511. The first kappa shape index (κ1) is 25.0. The van der Waals surface area contributed by atoms with Gasteiger partial charge in [0.15, 0.2) is 18.8 Å². The molecule has 35 heavy (non-hydrogen) atoms. The van der Waals surface area contributed by atoms with Crippen LogP contribution in [0.25, 0.3) is 0 Å². The van der Waals surface area contributed by atoms with Gasteiger partial charge in [-0.1, -0.05) is 6.07 Å². The molecule has 188 valence electrons. The van der Waals surface area contributed by atoms with Crippen LogP contribution in [-0.2, 0) is 21.4 Å². The fraction of sp³-hybridized carbons (Fsp3) is 0.409. The number of nitrogens with one attached hydrogen (secondary N) is 1. The van der Waals surface area contributed by atoms with Gasteiger partial charge in [0.25, 0.3) is 11.8 Å². The van der Waals surface area contributed by atoms with E-state index in [2.05, 4.69) is 5.32 Å². The van der Waals surface area contributed by atoms with Crippen LogP contribution in [0.5, 0.6) is 5.75 Å². The van der Waals surface area contributed by atoms with Crippen LogP contribution >= 0.6 is 7.37 Å². The number of carbonyl (C=O) groups is 2. The molecule has 2 amide bonds. The Kier molecular flexibility index (Phi) is 6.56. The van der Waals surface area contributed by atoms with Crippen LogP contribution in [0, 0.1) is 11.6 Å². The smallest absolute Gasteiger partial charge is 0.274 e. The fourth-order valence-corrected chi connectivity index (χ4v) is 4.94. The van der Waals surface area contributed by atoms with E-state index in [1.54, 1.807) is 0 Å². The Bertz CT molecular complexity index is 1300. The van der Waals surface area contributed by atoms with Crippen LogP contribution in [0.2, 0.25) is 0 Å². The number of amides is 2. The van der Waals surface area contributed by atoms with Gasteiger partial charge in [0.2, 0.25) is 5.43 Å². The van der Waals surface area contributed by atoms with E-state index >= 15 is 0 Å². The third kappa shape index (κ3) is 4.86. The molecule has 1 aromatic heterocycles. The number of aromatic hydroxyl groups is 1. The zero-order chi connectivity index (χ0) is 25.5. The second kappa shape index (κ2) is 9.18. The van der Waals surface area contributed by atoms with Gasteiger partial charge < -0.3 is 29.5 Å². The van der Waals surface area contributed by atoms with Gasteiger partial charge in [0.05, 0.1) is 12.1 Å². The van der Waals surface area contributed by atoms with Gasteiger partial charge in [-0.05, 0) is 12.5 Å². The third-order valence-electron chi connectivity index (χ3n) is 6.24. The molecule has 2 atom stereocenters. The van der Waals surface area contributed by atoms with Gasteiger partial charge in [0, 0.05) is 56.9 Å². The molecule has 10 nitrogen and oxygen atoms in total. The highest BCUT2D eigenvalue weighted by molar-refractivity contribution is 7.57. The molecule has 1 spiro atoms. The van der Waals surface area contributed by atoms with Crippen LogP contribution in [0.15, 0.2) is 29.2 Å². The van der Waals surface area contributed by atoms with Crippen LogP contribution in [-0.4, -0.2) is 70.4 Å². The predicted octanol–water partition coefficient (Wildman–Crippen LogP) is 1.23. The van der Waals surface area contributed by atoms with Crippen molar-refractivity contribution in [3.05, 3.63) is 63.1 Å². The molecule has 3 heterocycles. The summed E-state index contributed by atoms with van der Waals surface area (Å²) < 4.78 is 45.7. The molecule has 1 saturated heterocycles. The Balaban J connectivity index is 1.69. The van der Waals surface area contributed by atoms with Gasteiger partial charge in [0.1, 0.15) is 17.2 Å². The second-order valence-electron chi connectivity index (χ2n) is 8.89. The maximum atomic E-state index is 13.9.